The number of hydrogen-bond donors (Lipinski definition) is 4. The standard InChI is InChI=1S/C18H24N2O7/c1-24-7-12-4-10-5-13(21)16(18(10,23)8-25-12)20-17(22)19-11-2-3-14-15(6-11)27-9-26-14/h2-3,6,10,12-13,16,21,23H,4-5,7-9H2,1H3,(H2,19,20,22)/t10-,12+,13-,16+,18+/m0/s1. The van der Waals surface area contributed by atoms with Gasteiger partial charge in [-0.1, -0.05) is 0 Å². The lowest BCUT2D eigenvalue weighted by Crippen LogP contribution is -2.61. The summed E-state index contributed by atoms with van der Waals surface area (Å²) in [5.41, 5.74) is -0.789. The number of rotatable bonds is 4. The van der Waals surface area contributed by atoms with Crippen LogP contribution < -0.4 is 20.1 Å². The van der Waals surface area contributed by atoms with Crippen LogP contribution in [-0.4, -0.2) is 67.2 Å². The van der Waals surface area contributed by atoms with Crippen LogP contribution in [0.4, 0.5) is 10.5 Å². The van der Waals surface area contributed by atoms with E-state index >= 15 is 0 Å². The molecule has 0 bridgehead atoms. The highest BCUT2D eigenvalue weighted by Crippen LogP contribution is 2.43. The molecule has 1 aromatic carbocycles. The SMILES string of the molecule is COC[C@H]1C[C@H]2C[C@H](O)[C@@H](NC(=O)Nc3ccc4c(c3)OCO4)[C@@]2(O)CO1. The lowest BCUT2D eigenvalue weighted by molar-refractivity contribution is -0.162. The molecule has 4 rings (SSSR count). The van der Waals surface area contributed by atoms with Crippen LogP contribution in [0.2, 0.25) is 0 Å². The predicted octanol–water partition coefficient (Wildman–Crippen LogP) is 0.453. The van der Waals surface area contributed by atoms with E-state index in [0.29, 0.717) is 36.6 Å². The molecule has 9 nitrogen and oxygen atoms in total. The van der Waals surface area contributed by atoms with Crippen LogP contribution in [0.1, 0.15) is 12.8 Å². The molecule has 0 unspecified atom stereocenters. The zero-order chi connectivity index (χ0) is 19.0. The Morgan fingerprint density at radius 2 is 2.15 bits per heavy atom. The molecule has 1 aliphatic carbocycles. The zero-order valence-electron chi connectivity index (χ0n) is 15.0. The number of ether oxygens (including phenoxy) is 4. The predicted molar refractivity (Wildman–Crippen MR) is 93.8 cm³/mol. The van der Waals surface area contributed by atoms with Gasteiger partial charge in [0.15, 0.2) is 11.5 Å². The smallest absolute Gasteiger partial charge is 0.319 e. The van der Waals surface area contributed by atoms with E-state index in [2.05, 4.69) is 10.6 Å². The highest BCUT2D eigenvalue weighted by molar-refractivity contribution is 5.90. The fourth-order valence-electron chi connectivity index (χ4n) is 4.17. The van der Waals surface area contributed by atoms with Gasteiger partial charge < -0.3 is 39.8 Å². The second-order valence-electron chi connectivity index (χ2n) is 7.26. The fourth-order valence-corrected chi connectivity index (χ4v) is 4.17. The van der Waals surface area contributed by atoms with Gasteiger partial charge in [-0.05, 0) is 30.9 Å². The summed E-state index contributed by atoms with van der Waals surface area (Å²) < 4.78 is 21.3. The van der Waals surface area contributed by atoms with Gasteiger partial charge in [0.05, 0.1) is 31.5 Å². The maximum absolute atomic E-state index is 12.4. The molecule has 2 amide bonds. The Balaban J connectivity index is 1.40. The van der Waals surface area contributed by atoms with Crippen LogP contribution in [0.25, 0.3) is 0 Å². The zero-order valence-corrected chi connectivity index (χ0v) is 15.0. The van der Waals surface area contributed by atoms with Crippen molar-refractivity contribution in [3.63, 3.8) is 0 Å². The molecule has 0 radical (unpaired) electrons. The Morgan fingerprint density at radius 3 is 2.96 bits per heavy atom. The fraction of sp³-hybridized carbons (Fsp3) is 0.611. The van der Waals surface area contributed by atoms with Crippen LogP contribution in [0.15, 0.2) is 18.2 Å². The average molecular weight is 380 g/mol. The van der Waals surface area contributed by atoms with Gasteiger partial charge in [-0.25, -0.2) is 4.79 Å². The van der Waals surface area contributed by atoms with Gasteiger partial charge in [0.2, 0.25) is 6.79 Å². The van der Waals surface area contributed by atoms with Gasteiger partial charge in [0.25, 0.3) is 0 Å². The van der Waals surface area contributed by atoms with Crippen molar-refractivity contribution in [2.45, 2.75) is 36.7 Å². The minimum absolute atomic E-state index is 0.0394. The maximum atomic E-state index is 12.4. The monoisotopic (exact) mass is 380 g/mol. The summed E-state index contributed by atoms with van der Waals surface area (Å²) >= 11 is 0. The van der Waals surface area contributed by atoms with Gasteiger partial charge in [-0.15, -0.1) is 0 Å². The normalized spacial score (nSPS) is 34.2. The number of nitrogens with one attached hydrogen (secondary N) is 2. The summed E-state index contributed by atoms with van der Waals surface area (Å²) in [6.45, 7) is 0.626. The quantitative estimate of drug-likeness (QED) is 0.599. The lowest BCUT2D eigenvalue weighted by atomic mass is 9.82. The van der Waals surface area contributed by atoms with Gasteiger partial charge in [-0.3, -0.25) is 0 Å². The van der Waals surface area contributed by atoms with Crippen LogP contribution in [0.3, 0.4) is 0 Å². The first-order valence-corrected chi connectivity index (χ1v) is 8.98. The Morgan fingerprint density at radius 1 is 1.33 bits per heavy atom. The molecule has 5 atom stereocenters. The van der Waals surface area contributed by atoms with Crippen molar-refractivity contribution in [1.29, 1.82) is 0 Å². The van der Waals surface area contributed by atoms with Crippen molar-refractivity contribution in [3.05, 3.63) is 18.2 Å². The molecule has 2 fully saturated rings. The number of hydrogen-bond acceptors (Lipinski definition) is 7. The third-order valence-electron chi connectivity index (χ3n) is 5.52. The van der Waals surface area contributed by atoms with Gasteiger partial charge in [0, 0.05) is 18.9 Å². The van der Waals surface area contributed by atoms with Crippen molar-refractivity contribution in [3.8, 4) is 11.5 Å². The van der Waals surface area contributed by atoms with Gasteiger partial charge in [-0.2, -0.15) is 0 Å². The van der Waals surface area contributed by atoms with E-state index in [1.165, 1.54) is 0 Å². The second-order valence-corrected chi connectivity index (χ2v) is 7.26. The highest BCUT2D eigenvalue weighted by atomic mass is 16.7. The summed E-state index contributed by atoms with van der Waals surface area (Å²) in [7, 11) is 1.60. The molecule has 4 N–H and O–H groups in total. The molecule has 2 aliphatic heterocycles. The number of urea groups is 1. The third kappa shape index (κ3) is 3.43. The topological polar surface area (TPSA) is 119 Å². The number of aliphatic hydroxyl groups is 2. The molecule has 148 valence electrons. The van der Waals surface area contributed by atoms with E-state index in [1.54, 1.807) is 25.3 Å². The molecule has 1 aromatic rings. The van der Waals surface area contributed by atoms with Crippen molar-refractivity contribution in [2.75, 3.05) is 32.4 Å². The van der Waals surface area contributed by atoms with Gasteiger partial charge in [0.1, 0.15) is 5.60 Å². The van der Waals surface area contributed by atoms with Crippen molar-refractivity contribution < 1.29 is 34.0 Å². The van der Waals surface area contributed by atoms with E-state index in [-0.39, 0.29) is 25.4 Å². The number of fused-ring (bicyclic) bond motifs is 2. The first-order chi connectivity index (χ1) is 13.0. The maximum Gasteiger partial charge on any atom is 0.319 e. The Kier molecular flexibility index (Phi) is 4.85. The third-order valence-corrected chi connectivity index (χ3v) is 5.52. The molecule has 3 aliphatic rings. The van der Waals surface area contributed by atoms with E-state index in [4.69, 9.17) is 18.9 Å². The molecule has 9 heteroatoms. The number of aliphatic hydroxyl groups excluding tert-OH is 1. The lowest BCUT2D eigenvalue weighted by Gasteiger charge is -2.41. The van der Waals surface area contributed by atoms with Crippen LogP contribution in [-0.2, 0) is 9.47 Å². The number of carbonyl (C=O) groups excluding carboxylic acids is 1. The Labute approximate surface area is 156 Å². The van der Waals surface area contributed by atoms with Crippen LogP contribution in [0.5, 0.6) is 11.5 Å². The van der Waals surface area contributed by atoms with E-state index in [1.807, 2.05) is 0 Å². The average Bonchev–Trinajstić information content (AvgIpc) is 3.19. The second kappa shape index (κ2) is 7.16. The number of amides is 2. The van der Waals surface area contributed by atoms with Crippen molar-refractivity contribution >= 4 is 11.7 Å². The van der Waals surface area contributed by atoms with Gasteiger partial charge >= 0.3 is 6.03 Å². The van der Waals surface area contributed by atoms with Crippen molar-refractivity contribution in [2.24, 2.45) is 5.92 Å². The summed E-state index contributed by atoms with van der Waals surface area (Å²) in [6, 6.07) is 3.71. The number of benzene rings is 1. The summed E-state index contributed by atoms with van der Waals surface area (Å²) in [5.74, 6) is 1.00. The summed E-state index contributed by atoms with van der Waals surface area (Å²) in [4.78, 5) is 12.4. The number of anilines is 1. The molecule has 1 saturated carbocycles. The Hall–Kier alpha value is -2.07. The number of carbonyl (C=O) groups is 1. The number of methoxy groups -OCH3 is 1. The summed E-state index contributed by atoms with van der Waals surface area (Å²) in [6.07, 6.45) is -0.000580. The van der Waals surface area contributed by atoms with Crippen molar-refractivity contribution in [1.82, 2.24) is 5.32 Å². The van der Waals surface area contributed by atoms with E-state index < -0.39 is 23.8 Å². The molecule has 27 heavy (non-hydrogen) atoms. The minimum Gasteiger partial charge on any atom is -0.454 e. The van der Waals surface area contributed by atoms with E-state index in [9.17, 15) is 15.0 Å². The Bertz CT molecular complexity index is 715. The molecule has 0 spiro atoms. The molecular weight excluding hydrogens is 356 g/mol. The minimum atomic E-state index is -1.31. The van der Waals surface area contributed by atoms with Crippen LogP contribution in [0, 0.1) is 5.92 Å². The molecular formula is C18H24N2O7. The first kappa shape index (κ1) is 18.3. The molecule has 1 saturated heterocycles. The highest BCUT2D eigenvalue weighted by Gasteiger charge is 2.57. The van der Waals surface area contributed by atoms with E-state index in [0.717, 1.165) is 0 Å². The molecule has 0 aromatic heterocycles. The summed E-state index contributed by atoms with van der Waals surface area (Å²) in [5, 5.41) is 26.9. The molecule has 2 heterocycles. The largest absolute Gasteiger partial charge is 0.454 e. The van der Waals surface area contributed by atoms with Crippen LogP contribution >= 0.6 is 0 Å². The first-order valence-electron chi connectivity index (χ1n) is 8.98.